The van der Waals surface area contributed by atoms with E-state index >= 15 is 0 Å². The highest BCUT2D eigenvalue weighted by atomic mass is 19.1. The molecule has 2 heterocycles. The lowest BCUT2D eigenvalue weighted by atomic mass is 9.91. The molecule has 2 aliphatic rings. The predicted octanol–water partition coefficient (Wildman–Crippen LogP) is 3.78. The summed E-state index contributed by atoms with van der Waals surface area (Å²) in [5, 5.41) is 0. The predicted molar refractivity (Wildman–Crippen MR) is 76.2 cm³/mol. The van der Waals surface area contributed by atoms with Crippen LogP contribution in [0, 0.1) is 12.7 Å². The number of ketones is 1. The summed E-state index contributed by atoms with van der Waals surface area (Å²) < 4.78 is 14.2. The van der Waals surface area contributed by atoms with Crippen molar-refractivity contribution in [3.63, 3.8) is 0 Å². The molecule has 0 saturated heterocycles. The molecule has 0 bridgehead atoms. The number of fused-ring (bicyclic) bond motifs is 5. The van der Waals surface area contributed by atoms with Crippen molar-refractivity contribution in [3.8, 4) is 0 Å². The van der Waals surface area contributed by atoms with E-state index in [1.165, 1.54) is 6.07 Å². The standard InChI is InChI=1S/C17H14FNO/c1-10-6-7-14-12(8-10)16(20)17(2)9-11-4-3-5-13(18)15(11)19(14)17/h3-8H,9H2,1-2H3. The van der Waals surface area contributed by atoms with Crippen molar-refractivity contribution in [2.45, 2.75) is 25.8 Å². The number of para-hydroxylation sites is 1. The van der Waals surface area contributed by atoms with Gasteiger partial charge in [0.2, 0.25) is 0 Å². The summed E-state index contributed by atoms with van der Waals surface area (Å²) in [6, 6.07) is 10.9. The van der Waals surface area contributed by atoms with Crippen molar-refractivity contribution in [3.05, 3.63) is 58.9 Å². The first-order valence-corrected chi connectivity index (χ1v) is 6.75. The first kappa shape index (κ1) is 11.6. The maximum absolute atomic E-state index is 14.2. The van der Waals surface area contributed by atoms with Crippen molar-refractivity contribution < 1.29 is 9.18 Å². The number of hydrogen-bond acceptors (Lipinski definition) is 2. The molecule has 2 aliphatic heterocycles. The van der Waals surface area contributed by atoms with E-state index in [9.17, 15) is 9.18 Å². The number of anilines is 2. The Morgan fingerprint density at radius 1 is 1.25 bits per heavy atom. The quantitative estimate of drug-likeness (QED) is 0.724. The normalized spacial score (nSPS) is 22.8. The molecule has 0 fully saturated rings. The summed E-state index contributed by atoms with van der Waals surface area (Å²) in [6.45, 7) is 3.87. The van der Waals surface area contributed by atoms with Crippen molar-refractivity contribution in [1.82, 2.24) is 0 Å². The van der Waals surface area contributed by atoms with Gasteiger partial charge in [0.05, 0.1) is 11.4 Å². The summed E-state index contributed by atoms with van der Waals surface area (Å²) in [6.07, 6.45) is 0.562. The fraction of sp³-hybridized carbons (Fsp3) is 0.235. The molecule has 3 heteroatoms. The molecule has 2 aromatic carbocycles. The molecule has 0 saturated carbocycles. The lowest BCUT2D eigenvalue weighted by Crippen LogP contribution is -2.42. The zero-order valence-corrected chi connectivity index (χ0v) is 11.4. The Hall–Kier alpha value is -2.16. The molecule has 1 unspecified atom stereocenters. The van der Waals surface area contributed by atoms with E-state index in [1.807, 2.05) is 43.0 Å². The molecule has 0 aliphatic carbocycles. The van der Waals surface area contributed by atoms with E-state index in [-0.39, 0.29) is 11.6 Å². The molecule has 0 aromatic heterocycles. The van der Waals surface area contributed by atoms with E-state index in [0.29, 0.717) is 17.7 Å². The minimum Gasteiger partial charge on any atom is -0.324 e. The first-order valence-electron chi connectivity index (χ1n) is 6.75. The molecule has 100 valence electrons. The van der Waals surface area contributed by atoms with Gasteiger partial charge in [-0.15, -0.1) is 0 Å². The van der Waals surface area contributed by atoms with E-state index in [2.05, 4.69) is 0 Å². The maximum atomic E-state index is 14.2. The average Bonchev–Trinajstić information content (AvgIpc) is 2.82. The second-order valence-electron chi connectivity index (χ2n) is 5.88. The van der Waals surface area contributed by atoms with Crippen LogP contribution in [0.1, 0.15) is 28.4 Å². The van der Waals surface area contributed by atoms with Crippen LogP contribution < -0.4 is 4.90 Å². The number of hydrogen-bond donors (Lipinski definition) is 0. The first-order chi connectivity index (χ1) is 9.52. The van der Waals surface area contributed by atoms with Gasteiger partial charge in [-0.2, -0.15) is 0 Å². The van der Waals surface area contributed by atoms with Crippen LogP contribution in [0.25, 0.3) is 0 Å². The molecule has 2 aromatic rings. The van der Waals surface area contributed by atoms with Gasteiger partial charge < -0.3 is 4.90 Å². The third-order valence-corrected chi connectivity index (χ3v) is 4.45. The Labute approximate surface area is 116 Å². The third-order valence-electron chi connectivity index (χ3n) is 4.45. The van der Waals surface area contributed by atoms with Gasteiger partial charge in [-0.1, -0.05) is 23.8 Å². The molecule has 0 N–H and O–H groups in total. The monoisotopic (exact) mass is 267 g/mol. The molecule has 0 amide bonds. The Morgan fingerprint density at radius 3 is 2.85 bits per heavy atom. The number of carbonyl (C=O) groups is 1. The number of benzene rings is 2. The van der Waals surface area contributed by atoms with Gasteiger partial charge >= 0.3 is 0 Å². The largest absolute Gasteiger partial charge is 0.324 e. The minimum atomic E-state index is -0.680. The van der Waals surface area contributed by atoms with Crippen molar-refractivity contribution >= 4 is 17.2 Å². The van der Waals surface area contributed by atoms with E-state index in [4.69, 9.17) is 0 Å². The Balaban J connectivity index is 2.04. The van der Waals surface area contributed by atoms with Crippen molar-refractivity contribution in [2.75, 3.05) is 4.90 Å². The zero-order valence-electron chi connectivity index (χ0n) is 11.4. The van der Waals surface area contributed by atoms with Crippen LogP contribution in [-0.4, -0.2) is 11.3 Å². The molecular weight excluding hydrogens is 253 g/mol. The summed E-state index contributed by atoms with van der Waals surface area (Å²) in [4.78, 5) is 14.7. The minimum absolute atomic E-state index is 0.0896. The topological polar surface area (TPSA) is 20.3 Å². The van der Waals surface area contributed by atoms with Crippen molar-refractivity contribution in [1.29, 1.82) is 0 Å². The second-order valence-corrected chi connectivity index (χ2v) is 5.88. The van der Waals surface area contributed by atoms with Gasteiger partial charge in [0.25, 0.3) is 0 Å². The van der Waals surface area contributed by atoms with E-state index < -0.39 is 5.54 Å². The van der Waals surface area contributed by atoms with Gasteiger partial charge in [0, 0.05) is 12.0 Å². The summed E-state index contributed by atoms with van der Waals surface area (Å²) in [5.41, 5.74) is 3.38. The molecule has 2 nitrogen and oxygen atoms in total. The highest BCUT2D eigenvalue weighted by Gasteiger charge is 2.53. The fourth-order valence-corrected chi connectivity index (χ4v) is 3.53. The molecule has 0 radical (unpaired) electrons. The van der Waals surface area contributed by atoms with Crippen LogP contribution in [0.4, 0.5) is 15.8 Å². The van der Waals surface area contributed by atoms with Gasteiger partial charge in [-0.3, -0.25) is 4.79 Å². The Kier molecular flexibility index (Phi) is 2.03. The van der Waals surface area contributed by atoms with Crippen LogP contribution in [0.5, 0.6) is 0 Å². The highest BCUT2D eigenvalue weighted by Crippen LogP contribution is 2.52. The summed E-state index contributed by atoms with van der Waals surface area (Å²) in [7, 11) is 0. The molecule has 1 atom stereocenters. The number of nitrogens with zero attached hydrogens (tertiary/aromatic N) is 1. The SMILES string of the molecule is Cc1ccc2c(c1)C(=O)C1(C)Cc3cccc(F)c3N21. The highest BCUT2D eigenvalue weighted by molar-refractivity contribution is 6.17. The fourth-order valence-electron chi connectivity index (χ4n) is 3.53. The van der Waals surface area contributed by atoms with Gasteiger partial charge in [0.15, 0.2) is 5.78 Å². The number of carbonyl (C=O) groups excluding carboxylic acids is 1. The summed E-state index contributed by atoms with van der Waals surface area (Å²) >= 11 is 0. The van der Waals surface area contributed by atoms with E-state index in [1.54, 1.807) is 6.07 Å². The second kappa shape index (κ2) is 3.48. The third kappa shape index (κ3) is 1.20. The molecular formula is C17H14FNO. The number of rotatable bonds is 0. The van der Waals surface area contributed by atoms with Crippen LogP contribution in [0.2, 0.25) is 0 Å². The zero-order chi connectivity index (χ0) is 14.1. The Morgan fingerprint density at radius 2 is 2.05 bits per heavy atom. The molecule has 4 rings (SSSR count). The smallest absolute Gasteiger partial charge is 0.190 e. The van der Waals surface area contributed by atoms with E-state index in [0.717, 1.165) is 16.8 Å². The van der Waals surface area contributed by atoms with Crippen LogP contribution in [0.3, 0.4) is 0 Å². The van der Waals surface area contributed by atoms with Crippen LogP contribution in [0.15, 0.2) is 36.4 Å². The van der Waals surface area contributed by atoms with Crippen molar-refractivity contribution in [2.24, 2.45) is 0 Å². The van der Waals surface area contributed by atoms with Crippen LogP contribution >= 0.6 is 0 Å². The number of Topliss-reactive ketones (excluding diaryl/α,β-unsaturated/α-hetero) is 1. The van der Waals surface area contributed by atoms with Gasteiger partial charge in [0.1, 0.15) is 11.4 Å². The lowest BCUT2D eigenvalue weighted by Gasteiger charge is -2.28. The van der Waals surface area contributed by atoms with Crippen LogP contribution in [-0.2, 0) is 6.42 Å². The summed E-state index contributed by atoms with van der Waals surface area (Å²) in [5.74, 6) is -0.167. The average molecular weight is 267 g/mol. The Bertz CT molecular complexity index is 768. The number of halogens is 1. The van der Waals surface area contributed by atoms with Gasteiger partial charge in [-0.25, -0.2) is 4.39 Å². The maximum Gasteiger partial charge on any atom is 0.190 e. The molecule has 20 heavy (non-hydrogen) atoms. The number of aryl methyl sites for hydroxylation is 1. The lowest BCUT2D eigenvalue weighted by molar-refractivity contribution is 0.0923. The van der Waals surface area contributed by atoms with Gasteiger partial charge in [-0.05, 0) is 37.6 Å². The molecule has 0 spiro atoms.